The molecule has 1 fully saturated rings. The van der Waals surface area contributed by atoms with E-state index in [0.29, 0.717) is 18.0 Å². The Morgan fingerprint density at radius 1 is 1.05 bits per heavy atom. The lowest BCUT2D eigenvalue weighted by atomic mass is 10.1. The molecular formula is C16H18N2O2S. The molecule has 1 heterocycles. The molecule has 2 N–H and O–H groups in total. The standard InChI is InChI=1S/C16H18N2O2S/c17-12-14-10-11-18(14)21(19,20)16-9-5-4-8-15(16)13-6-2-1-3-7-13/h1-9,14H,10-12,17H2. The average molecular weight is 302 g/mol. The Hall–Kier alpha value is -1.69. The van der Waals surface area contributed by atoms with E-state index in [9.17, 15) is 8.42 Å². The summed E-state index contributed by atoms with van der Waals surface area (Å²) < 4.78 is 27.2. The summed E-state index contributed by atoms with van der Waals surface area (Å²) in [6.07, 6.45) is 0.837. The SMILES string of the molecule is NCC1CCN1S(=O)(=O)c1ccccc1-c1ccccc1. The molecule has 0 amide bonds. The van der Waals surface area contributed by atoms with Crippen LogP contribution in [0.1, 0.15) is 6.42 Å². The zero-order valence-electron chi connectivity index (χ0n) is 11.6. The Balaban J connectivity index is 2.07. The topological polar surface area (TPSA) is 63.4 Å². The van der Waals surface area contributed by atoms with Gasteiger partial charge in [-0.1, -0.05) is 48.5 Å². The van der Waals surface area contributed by atoms with Crippen LogP contribution in [0.2, 0.25) is 0 Å². The summed E-state index contributed by atoms with van der Waals surface area (Å²) in [5.41, 5.74) is 7.28. The highest BCUT2D eigenvalue weighted by Crippen LogP contribution is 2.33. The molecule has 0 aromatic heterocycles. The van der Waals surface area contributed by atoms with Gasteiger partial charge in [-0.25, -0.2) is 8.42 Å². The van der Waals surface area contributed by atoms with Gasteiger partial charge >= 0.3 is 0 Å². The van der Waals surface area contributed by atoms with Gasteiger partial charge in [-0.15, -0.1) is 0 Å². The van der Waals surface area contributed by atoms with Crippen LogP contribution in [0.4, 0.5) is 0 Å². The number of rotatable bonds is 4. The molecule has 0 aliphatic carbocycles. The summed E-state index contributed by atoms with van der Waals surface area (Å²) in [5.74, 6) is 0. The van der Waals surface area contributed by atoms with Crippen LogP contribution in [0.15, 0.2) is 59.5 Å². The Morgan fingerprint density at radius 2 is 1.71 bits per heavy atom. The largest absolute Gasteiger partial charge is 0.329 e. The van der Waals surface area contributed by atoms with Gasteiger partial charge in [0, 0.05) is 24.7 Å². The molecule has 0 radical (unpaired) electrons. The molecule has 2 aromatic carbocycles. The third-order valence-electron chi connectivity index (χ3n) is 3.92. The van der Waals surface area contributed by atoms with Crippen molar-refractivity contribution in [1.82, 2.24) is 4.31 Å². The van der Waals surface area contributed by atoms with Crippen LogP contribution in [0.5, 0.6) is 0 Å². The van der Waals surface area contributed by atoms with Crippen molar-refractivity contribution >= 4 is 10.0 Å². The first-order valence-corrected chi connectivity index (χ1v) is 8.45. The van der Waals surface area contributed by atoms with Gasteiger partial charge in [0.2, 0.25) is 10.0 Å². The van der Waals surface area contributed by atoms with Crippen molar-refractivity contribution in [3.8, 4) is 11.1 Å². The molecule has 3 rings (SSSR count). The van der Waals surface area contributed by atoms with Gasteiger partial charge in [-0.05, 0) is 18.1 Å². The molecule has 5 heteroatoms. The fraction of sp³-hybridized carbons (Fsp3) is 0.250. The minimum atomic E-state index is -3.49. The highest BCUT2D eigenvalue weighted by atomic mass is 32.2. The third kappa shape index (κ3) is 2.48. The highest BCUT2D eigenvalue weighted by Gasteiger charge is 2.38. The molecule has 21 heavy (non-hydrogen) atoms. The monoisotopic (exact) mass is 302 g/mol. The zero-order valence-corrected chi connectivity index (χ0v) is 12.5. The van der Waals surface area contributed by atoms with Crippen molar-refractivity contribution in [3.05, 3.63) is 54.6 Å². The third-order valence-corrected chi connectivity index (χ3v) is 5.93. The lowest BCUT2D eigenvalue weighted by Crippen LogP contribution is -2.54. The number of sulfonamides is 1. The maximum absolute atomic E-state index is 12.8. The summed E-state index contributed by atoms with van der Waals surface area (Å²) in [6, 6.07) is 16.6. The van der Waals surface area contributed by atoms with Crippen molar-refractivity contribution < 1.29 is 8.42 Å². The second-order valence-electron chi connectivity index (χ2n) is 5.16. The summed E-state index contributed by atoms with van der Waals surface area (Å²) in [6.45, 7) is 0.917. The second-order valence-corrected chi connectivity index (χ2v) is 7.02. The molecular weight excluding hydrogens is 284 g/mol. The van der Waals surface area contributed by atoms with Crippen LogP contribution in [0.25, 0.3) is 11.1 Å². The van der Waals surface area contributed by atoms with Crippen LogP contribution < -0.4 is 5.73 Å². The van der Waals surface area contributed by atoms with E-state index in [0.717, 1.165) is 17.5 Å². The van der Waals surface area contributed by atoms with E-state index in [2.05, 4.69) is 0 Å². The normalized spacial score (nSPS) is 19.2. The summed E-state index contributed by atoms with van der Waals surface area (Å²) in [4.78, 5) is 0.356. The smallest absolute Gasteiger partial charge is 0.243 e. The first kappa shape index (κ1) is 14.3. The second kappa shape index (κ2) is 5.60. The summed E-state index contributed by atoms with van der Waals surface area (Å²) in [7, 11) is -3.49. The number of benzene rings is 2. The highest BCUT2D eigenvalue weighted by molar-refractivity contribution is 7.89. The van der Waals surface area contributed by atoms with Gasteiger partial charge in [0.1, 0.15) is 0 Å². The molecule has 110 valence electrons. The predicted octanol–water partition coefficient (Wildman–Crippen LogP) is 2.08. The molecule has 1 saturated heterocycles. The number of nitrogens with zero attached hydrogens (tertiary/aromatic N) is 1. The van der Waals surface area contributed by atoms with E-state index in [1.165, 1.54) is 4.31 Å². The van der Waals surface area contributed by atoms with Gasteiger partial charge in [0.25, 0.3) is 0 Å². The maximum atomic E-state index is 12.8. The van der Waals surface area contributed by atoms with Gasteiger partial charge in [0.15, 0.2) is 0 Å². The molecule has 2 aromatic rings. The van der Waals surface area contributed by atoms with Gasteiger partial charge in [0.05, 0.1) is 4.90 Å². The lowest BCUT2D eigenvalue weighted by molar-refractivity contribution is 0.206. The van der Waals surface area contributed by atoms with Crippen LogP contribution in [-0.4, -0.2) is 31.9 Å². The Morgan fingerprint density at radius 3 is 2.33 bits per heavy atom. The quantitative estimate of drug-likeness (QED) is 0.940. The van der Waals surface area contributed by atoms with Crippen molar-refractivity contribution in [3.63, 3.8) is 0 Å². The van der Waals surface area contributed by atoms with Gasteiger partial charge in [-0.3, -0.25) is 0 Å². The Bertz CT molecular complexity index is 727. The molecule has 0 spiro atoms. The van der Waals surface area contributed by atoms with E-state index in [1.54, 1.807) is 12.1 Å². The Labute approximate surface area is 125 Å². The van der Waals surface area contributed by atoms with Crippen LogP contribution in [0.3, 0.4) is 0 Å². The van der Waals surface area contributed by atoms with Crippen LogP contribution in [0, 0.1) is 0 Å². The summed E-state index contributed by atoms with van der Waals surface area (Å²) >= 11 is 0. The molecule has 1 atom stereocenters. The number of hydrogen-bond donors (Lipinski definition) is 1. The summed E-state index contributed by atoms with van der Waals surface area (Å²) in [5, 5.41) is 0. The predicted molar refractivity (Wildman–Crippen MR) is 83.2 cm³/mol. The maximum Gasteiger partial charge on any atom is 0.243 e. The van der Waals surface area contributed by atoms with Crippen LogP contribution in [-0.2, 0) is 10.0 Å². The average Bonchev–Trinajstić information content (AvgIpc) is 2.47. The minimum absolute atomic E-state index is 0.0705. The van der Waals surface area contributed by atoms with E-state index in [4.69, 9.17) is 5.73 Å². The van der Waals surface area contributed by atoms with E-state index < -0.39 is 10.0 Å². The fourth-order valence-corrected chi connectivity index (χ4v) is 4.54. The zero-order chi connectivity index (χ0) is 14.9. The van der Waals surface area contributed by atoms with Crippen LogP contribution >= 0.6 is 0 Å². The van der Waals surface area contributed by atoms with E-state index in [1.807, 2.05) is 42.5 Å². The van der Waals surface area contributed by atoms with Crippen molar-refractivity contribution in [2.24, 2.45) is 5.73 Å². The number of hydrogen-bond acceptors (Lipinski definition) is 3. The first-order chi connectivity index (χ1) is 10.1. The molecule has 1 aliphatic heterocycles. The van der Waals surface area contributed by atoms with Crippen molar-refractivity contribution in [2.45, 2.75) is 17.4 Å². The molecule has 1 aliphatic rings. The van der Waals surface area contributed by atoms with Gasteiger partial charge in [-0.2, -0.15) is 4.31 Å². The fourth-order valence-electron chi connectivity index (χ4n) is 2.64. The lowest BCUT2D eigenvalue weighted by Gasteiger charge is -2.39. The first-order valence-electron chi connectivity index (χ1n) is 7.01. The van der Waals surface area contributed by atoms with Crippen molar-refractivity contribution in [2.75, 3.05) is 13.1 Å². The molecule has 0 bridgehead atoms. The molecule has 1 unspecified atom stereocenters. The molecule has 4 nitrogen and oxygen atoms in total. The molecule has 0 saturated carbocycles. The van der Waals surface area contributed by atoms with E-state index in [-0.39, 0.29) is 6.04 Å². The number of nitrogens with two attached hydrogens (primary N) is 1. The van der Waals surface area contributed by atoms with Crippen molar-refractivity contribution in [1.29, 1.82) is 0 Å². The minimum Gasteiger partial charge on any atom is -0.329 e. The van der Waals surface area contributed by atoms with E-state index >= 15 is 0 Å². The Kier molecular flexibility index (Phi) is 3.80. The van der Waals surface area contributed by atoms with Gasteiger partial charge < -0.3 is 5.73 Å².